The van der Waals surface area contributed by atoms with Gasteiger partial charge in [-0.1, -0.05) is 24.6 Å². The van der Waals surface area contributed by atoms with Crippen LogP contribution >= 0.6 is 7.60 Å². The van der Waals surface area contributed by atoms with Crippen molar-refractivity contribution >= 4 is 7.60 Å². The van der Waals surface area contributed by atoms with Gasteiger partial charge >= 0.3 is 7.60 Å². The van der Waals surface area contributed by atoms with Gasteiger partial charge in [0.15, 0.2) is 5.34 Å². The summed E-state index contributed by atoms with van der Waals surface area (Å²) in [6.45, 7) is 0. The number of hydrogen-bond donors (Lipinski definition) is 2. The average Bonchev–Trinajstić information content (AvgIpc) is 2.30. The van der Waals surface area contributed by atoms with Crippen LogP contribution in [-0.4, -0.2) is 15.3 Å². The van der Waals surface area contributed by atoms with Crippen molar-refractivity contribution < 1.29 is 19.1 Å². The van der Waals surface area contributed by atoms with Crippen LogP contribution in [0.25, 0.3) is 0 Å². The predicted octanol–water partition coefficient (Wildman–Crippen LogP) is 2.90. The molecule has 0 radical (unpaired) electrons. The van der Waals surface area contributed by atoms with Gasteiger partial charge in [0, 0.05) is 0 Å². The molecule has 1 aromatic rings. The molecule has 1 unspecified atom stereocenters. The van der Waals surface area contributed by atoms with Crippen molar-refractivity contribution in [2.75, 3.05) is 0 Å². The van der Waals surface area contributed by atoms with Gasteiger partial charge < -0.3 is 14.5 Å². The topological polar surface area (TPSA) is 66.8 Å². The lowest BCUT2D eigenvalue weighted by molar-refractivity contribution is 0.0570. The lowest BCUT2D eigenvalue weighted by Crippen LogP contribution is -2.32. The summed E-state index contributed by atoms with van der Waals surface area (Å²) in [7, 11) is -4.05. The molecule has 1 saturated carbocycles. The fourth-order valence-corrected chi connectivity index (χ4v) is 3.57. The molecule has 1 atom stereocenters. The fraction of sp³-hybridized carbons (Fsp3) is 0.500. The van der Waals surface area contributed by atoms with E-state index in [9.17, 15) is 14.6 Å². The van der Waals surface area contributed by atoms with Crippen LogP contribution in [0.15, 0.2) is 30.3 Å². The Kier molecular flexibility index (Phi) is 3.57. The van der Waals surface area contributed by atoms with Gasteiger partial charge in [0.1, 0.15) is 5.75 Å². The molecule has 2 N–H and O–H groups in total. The molecule has 0 aromatic heterocycles. The molecule has 0 heterocycles. The minimum atomic E-state index is -4.05. The maximum Gasteiger partial charge on any atom is 0.407 e. The minimum absolute atomic E-state index is 0.317. The fourth-order valence-electron chi connectivity index (χ4n) is 2.11. The van der Waals surface area contributed by atoms with Crippen molar-refractivity contribution in [3.05, 3.63) is 30.3 Å². The molecule has 1 aliphatic carbocycles. The number of rotatable bonds is 3. The molecule has 5 heteroatoms. The van der Waals surface area contributed by atoms with Crippen molar-refractivity contribution in [2.24, 2.45) is 0 Å². The third-order valence-electron chi connectivity index (χ3n) is 3.15. The number of hydrogen-bond acceptors (Lipinski definition) is 3. The first-order chi connectivity index (χ1) is 8.04. The number of aliphatic hydroxyl groups is 1. The molecule has 2 rings (SSSR count). The molecular formula is C12H17O4P. The van der Waals surface area contributed by atoms with Crippen molar-refractivity contribution in [3.8, 4) is 5.75 Å². The standard InChI is InChI=1S/C12H17O4P/c13-12(9-5-2-6-10-12)17(14,15)16-11-7-3-1-4-8-11/h1,3-4,7-8,13H,2,5-6,9-10H2,(H,14,15). The zero-order valence-corrected chi connectivity index (χ0v) is 10.5. The smallest absolute Gasteiger partial charge is 0.407 e. The summed E-state index contributed by atoms with van der Waals surface area (Å²) in [5.74, 6) is 0.317. The lowest BCUT2D eigenvalue weighted by atomic mass is 9.97. The van der Waals surface area contributed by atoms with E-state index in [1.54, 1.807) is 30.3 Å². The Labute approximate surface area is 101 Å². The normalized spacial score (nSPS) is 22.7. The van der Waals surface area contributed by atoms with Crippen LogP contribution in [0.1, 0.15) is 32.1 Å². The van der Waals surface area contributed by atoms with E-state index in [1.165, 1.54) is 0 Å². The summed E-state index contributed by atoms with van der Waals surface area (Å²) in [6, 6.07) is 8.45. The molecular weight excluding hydrogens is 239 g/mol. The highest BCUT2D eigenvalue weighted by Gasteiger charge is 2.49. The summed E-state index contributed by atoms with van der Waals surface area (Å²) in [5, 5.41) is 8.64. The van der Waals surface area contributed by atoms with Gasteiger partial charge in [-0.2, -0.15) is 0 Å². The largest absolute Gasteiger partial charge is 0.423 e. The number of benzene rings is 1. The molecule has 17 heavy (non-hydrogen) atoms. The highest BCUT2D eigenvalue weighted by molar-refractivity contribution is 7.54. The van der Waals surface area contributed by atoms with Gasteiger partial charge in [0.2, 0.25) is 0 Å². The van der Waals surface area contributed by atoms with Gasteiger partial charge in [-0.3, -0.25) is 0 Å². The third kappa shape index (κ3) is 2.71. The highest BCUT2D eigenvalue weighted by Crippen LogP contribution is 2.59. The monoisotopic (exact) mass is 256 g/mol. The first-order valence-electron chi connectivity index (χ1n) is 5.83. The Balaban J connectivity index is 2.15. The molecule has 1 aliphatic rings. The second-order valence-corrected chi connectivity index (χ2v) is 6.52. The zero-order valence-electron chi connectivity index (χ0n) is 9.58. The molecule has 1 fully saturated rings. The van der Waals surface area contributed by atoms with E-state index in [0.29, 0.717) is 18.6 Å². The van der Waals surface area contributed by atoms with Gasteiger partial charge in [-0.25, -0.2) is 4.57 Å². The minimum Gasteiger partial charge on any atom is -0.423 e. The van der Waals surface area contributed by atoms with Crippen LogP contribution in [0.2, 0.25) is 0 Å². The van der Waals surface area contributed by atoms with E-state index in [2.05, 4.69) is 0 Å². The van der Waals surface area contributed by atoms with E-state index in [4.69, 9.17) is 4.52 Å². The summed E-state index contributed by atoms with van der Waals surface area (Å²) < 4.78 is 17.2. The molecule has 0 bridgehead atoms. The first kappa shape index (κ1) is 12.6. The summed E-state index contributed by atoms with van der Waals surface area (Å²) in [5.41, 5.74) is 0. The van der Waals surface area contributed by atoms with E-state index < -0.39 is 12.9 Å². The molecule has 94 valence electrons. The van der Waals surface area contributed by atoms with Crippen molar-refractivity contribution in [2.45, 2.75) is 37.4 Å². The Morgan fingerprint density at radius 3 is 2.29 bits per heavy atom. The van der Waals surface area contributed by atoms with Gasteiger partial charge in [0.05, 0.1) is 0 Å². The van der Waals surface area contributed by atoms with Crippen LogP contribution in [0.3, 0.4) is 0 Å². The second kappa shape index (κ2) is 4.81. The Morgan fingerprint density at radius 2 is 1.71 bits per heavy atom. The quantitative estimate of drug-likeness (QED) is 0.816. The van der Waals surface area contributed by atoms with Crippen LogP contribution in [-0.2, 0) is 4.57 Å². The Morgan fingerprint density at radius 1 is 1.12 bits per heavy atom. The molecule has 4 nitrogen and oxygen atoms in total. The van der Waals surface area contributed by atoms with Gasteiger partial charge in [-0.05, 0) is 37.8 Å². The lowest BCUT2D eigenvalue weighted by Gasteiger charge is -2.34. The Hall–Kier alpha value is -0.830. The average molecular weight is 256 g/mol. The van der Waals surface area contributed by atoms with Crippen molar-refractivity contribution in [1.82, 2.24) is 0 Å². The molecule has 0 aliphatic heterocycles. The summed E-state index contributed by atoms with van der Waals surface area (Å²) >= 11 is 0. The van der Waals surface area contributed by atoms with Crippen molar-refractivity contribution in [3.63, 3.8) is 0 Å². The zero-order chi connectivity index (χ0) is 12.4. The highest BCUT2D eigenvalue weighted by atomic mass is 31.2. The molecule has 0 saturated heterocycles. The second-order valence-electron chi connectivity index (χ2n) is 4.47. The predicted molar refractivity (Wildman–Crippen MR) is 64.9 cm³/mol. The summed E-state index contributed by atoms with van der Waals surface area (Å²) in [6.07, 6.45) is 3.17. The van der Waals surface area contributed by atoms with E-state index >= 15 is 0 Å². The number of para-hydroxylation sites is 1. The third-order valence-corrected chi connectivity index (χ3v) is 5.11. The van der Waals surface area contributed by atoms with Crippen LogP contribution < -0.4 is 4.52 Å². The van der Waals surface area contributed by atoms with Gasteiger partial charge in [-0.15, -0.1) is 0 Å². The van der Waals surface area contributed by atoms with E-state index in [0.717, 1.165) is 19.3 Å². The molecule has 0 spiro atoms. The maximum atomic E-state index is 12.1. The van der Waals surface area contributed by atoms with Crippen LogP contribution in [0.4, 0.5) is 0 Å². The first-order valence-corrected chi connectivity index (χ1v) is 7.41. The molecule has 0 amide bonds. The SMILES string of the molecule is O=P(O)(Oc1ccccc1)C1(O)CCCCC1. The summed E-state index contributed by atoms with van der Waals surface area (Å²) in [4.78, 5) is 9.94. The molecule has 1 aromatic carbocycles. The van der Waals surface area contributed by atoms with E-state index in [-0.39, 0.29) is 0 Å². The van der Waals surface area contributed by atoms with Crippen LogP contribution in [0.5, 0.6) is 5.75 Å². The van der Waals surface area contributed by atoms with Gasteiger partial charge in [0.25, 0.3) is 0 Å². The maximum absolute atomic E-state index is 12.1. The van der Waals surface area contributed by atoms with E-state index in [1.807, 2.05) is 0 Å². The Bertz CT molecular complexity index is 412. The van der Waals surface area contributed by atoms with Crippen LogP contribution in [0, 0.1) is 0 Å². The van der Waals surface area contributed by atoms with Crippen molar-refractivity contribution in [1.29, 1.82) is 0 Å².